The minimum atomic E-state index is -3.64. The van der Waals surface area contributed by atoms with Crippen molar-refractivity contribution < 1.29 is 27.5 Å². The van der Waals surface area contributed by atoms with Gasteiger partial charge in [0.1, 0.15) is 6.04 Å². The lowest BCUT2D eigenvalue weighted by Gasteiger charge is -2.32. The standard InChI is InChI=1S/C32H39N3O6S/c1-24(2)21-33-32(37)28(19-25-11-6-4-7-12-25)34(22-26-13-8-5-9-14-26)31(36)15-10-18-35(42(3,38)39)27-16-17-29-30(20-27)41-23-40-29/h4-9,11-14,16-17,20,24,28H,10,15,18-19,21-23H2,1-3H3,(H,33,37)/t28-/m1/s1. The fourth-order valence-corrected chi connectivity index (χ4v) is 5.76. The van der Waals surface area contributed by atoms with Gasteiger partial charge >= 0.3 is 0 Å². The molecule has 224 valence electrons. The van der Waals surface area contributed by atoms with Crippen LogP contribution in [0.15, 0.2) is 78.9 Å². The van der Waals surface area contributed by atoms with E-state index in [-0.39, 0.29) is 50.5 Å². The van der Waals surface area contributed by atoms with Crippen molar-refractivity contribution in [1.29, 1.82) is 0 Å². The third-order valence-electron chi connectivity index (χ3n) is 6.95. The summed E-state index contributed by atoms with van der Waals surface area (Å²) in [5, 5.41) is 3.02. The van der Waals surface area contributed by atoms with Gasteiger partial charge in [0.25, 0.3) is 0 Å². The number of benzene rings is 3. The fraction of sp³-hybridized carbons (Fsp3) is 0.375. The molecular formula is C32H39N3O6S. The summed E-state index contributed by atoms with van der Waals surface area (Å²) in [6, 6.07) is 23.4. The number of fused-ring (bicyclic) bond motifs is 1. The molecular weight excluding hydrogens is 554 g/mol. The summed E-state index contributed by atoms with van der Waals surface area (Å²) in [7, 11) is -3.64. The van der Waals surface area contributed by atoms with Crippen LogP contribution in [0.2, 0.25) is 0 Å². The van der Waals surface area contributed by atoms with Crippen LogP contribution >= 0.6 is 0 Å². The van der Waals surface area contributed by atoms with Gasteiger partial charge in [-0.25, -0.2) is 8.42 Å². The number of nitrogens with one attached hydrogen (secondary N) is 1. The monoisotopic (exact) mass is 593 g/mol. The van der Waals surface area contributed by atoms with Crippen molar-refractivity contribution in [2.45, 2.75) is 45.7 Å². The number of hydrogen-bond acceptors (Lipinski definition) is 6. The third kappa shape index (κ3) is 8.48. The average Bonchev–Trinajstić information content (AvgIpc) is 3.44. The molecule has 0 aliphatic carbocycles. The van der Waals surface area contributed by atoms with Crippen LogP contribution in [0.5, 0.6) is 11.5 Å². The Morgan fingerprint density at radius 3 is 2.19 bits per heavy atom. The highest BCUT2D eigenvalue weighted by atomic mass is 32.2. The lowest BCUT2D eigenvalue weighted by molar-refractivity contribution is -0.141. The van der Waals surface area contributed by atoms with Gasteiger partial charge in [0.2, 0.25) is 28.6 Å². The van der Waals surface area contributed by atoms with Gasteiger partial charge in [-0.1, -0.05) is 74.5 Å². The number of rotatable bonds is 14. The Labute approximate surface area is 248 Å². The summed E-state index contributed by atoms with van der Waals surface area (Å²) in [5.74, 6) is 0.845. The first-order chi connectivity index (χ1) is 20.1. The molecule has 0 fully saturated rings. The van der Waals surface area contributed by atoms with Crippen molar-refractivity contribution >= 4 is 27.5 Å². The van der Waals surface area contributed by atoms with Crippen molar-refractivity contribution in [2.75, 3.05) is 30.4 Å². The molecule has 0 saturated heterocycles. The number of ether oxygens (including phenoxy) is 2. The molecule has 1 aliphatic rings. The van der Waals surface area contributed by atoms with Crippen molar-refractivity contribution in [3.05, 3.63) is 90.0 Å². The zero-order valence-corrected chi connectivity index (χ0v) is 25.2. The van der Waals surface area contributed by atoms with E-state index >= 15 is 0 Å². The summed E-state index contributed by atoms with van der Waals surface area (Å²) in [4.78, 5) is 29.1. The number of hydrogen-bond donors (Lipinski definition) is 1. The zero-order valence-electron chi connectivity index (χ0n) is 24.4. The fourth-order valence-electron chi connectivity index (χ4n) is 4.80. The van der Waals surface area contributed by atoms with Crippen molar-refractivity contribution in [1.82, 2.24) is 10.2 Å². The van der Waals surface area contributed by atoms with Crippen LogP contribution in [0, 0.1) is 5.92 Å². The molecule has 9 nitrogen and oxygen atoms in total. The molecule has 1 atom stereocenters. The van der Waals surface area contributed by atoms with Gasteiger partial charge in [-0.3, -0.25) is 13.9 Å². The Morgan fingerprint density at radius 2 is 1.55 bits per heavy atom. The molecule has 0 radical (unpaired) electrons. The Kier molecular flexibility index (Phi) is 10.5. The van der Waals surface area contributed by atoms with Gasteiger partial charge in [0.15, 0.2) is 11.5 Å². The van der Waals surface area contributed by atoms with Gasteiger partial charge in [0.05, 0.1) is 11.9 Å². The average molecular weight is 594 g/mol. The normalized spacial score (nSPS) is 13.0. The Morgan fingerprint density at radius 1 is 0.905 bits per heavy atom. The first kappa shape index (κ1) is 30.9. The Balaban J connectivity index is 1.55. The van der Waals surface area contributed by atoms with E-state index in [4.69, 9.17) is 9.47 Å². The summed E-state index contributed by atoms with van der Waals surface area (Å²) in [6.45, 7) is 4.96. The van der Waals surface area contributed by atoms with Gasteiger partial charge in [-0.15, -0.1) is 0 Å². The van der Waals surface area contributed by atoms with Gasteiger partial charge < -0.3 is 19.7 Å². The number of carbonyl (C=O) groups is 2. The van der Waals surface area contributed by atoms with Crippen LogP contribution in [-0.4, -0.2) is 57.3 Å². The number of sulfonamides is 1. The van der Waals surface area contributed by atoms with E-state index < -0.39 is 16.1 Å². The maximum atomic E-state index is 13.9. The highest BCUT2D eigenvalue weighted by Gasteiger charge is 2.30. The van der Waals surface area contributed by atoms with Crippen molar-refractivity contribution in [2.24, 2.45) is 5.92 Å². The zero-order chi connectivity index (χ0) is 30.1. The van der Waals surface area contributed by atoms with Crippen LogP contribution in [0.3, 0.4) is 0 Å². The van der Waals surface area contributed by atoms with Gasteiger partial charge in [-0.05, 0) is 35.6 Å². The molecule has 0 bridgehead atoms. The van der Waals surface area contributed by atoms with E-state index in [0.29, 0.717) is 30.2 Å². The molecule has 4 rings (SSSR count). The molecule has 0 unspecified atom stereocenters. The minimum Gasteiger partial charge on any atom is -0.454 e. The van der Waals surface area contributed by atoms with E-state index in [0.717, 1.165) is 17.4 Å². The first-order valence-electron chi connectivity index (χ1n) is 14.1. The predicted octanol–water partition coefficient (Wildman–Crippen LogP) is 4.37. The van der Waals surface area contributed by atoms with Crippen LogP contribution < -0.4 is 19.1 Å². The molecule has 1 aliphatic heterocycles. The summed E-state index contributed by atoms with van der Waals surface area (Å²) in [6.07, 6.45) is 1.82. The largest absolute Gasteiger partial charge is 0.454 e. The van der Waals surface area contributed by atoms with Crippen LogP contribution in [0.25, 0.3) is 0 Å². The summed E-state index contributed by atoms with van der Waals surface area (Å²) < 4.78 is 37.5. The number of nitrogens with zero attached hydrogens (tertiary/aromatic N) is 2. The second kappa shape index (κ2) is 14.2. The minimum absolute atomic E-state index is 0.0617. The number of carbonyl (C=O) groups excluding carboxylic acids is 2. The predicted molar refractivity (Wildman–Crippen MR) is 163 cm³/mol. The smallest absolute Gasteiger partial charge is 0.243 e. The molecule has 0 saturated carbocycles. The number of anilines is 1. The third-order valence-corrected chi connectivity index (χ3v) is 8.14. The second-order valence-corrected chi connectivity index (χ2v) is 12.7. The summed E-state index contributed by atoms with van der Waals surface area (Å²) >= 11 is 0. The molecule has 10 heteroatoms. The molecule has 0 spiro atoms. The highest BCUT2D eigenvalue weighted by molar-refractivity contribution is 7.92. The molecule has 1 heterocycles. The summed E-state index contributed by atoms with van der Waals surface area (Å²) in [5.41, 5.74) is 2.28. The lowest BCUT2D eigenvalue weighted by atomic mass is 10.0. The maximum Gasteiger partial charge on any atom is 0.243 e. The quantitative estimate of drug-likeness (QED) is 0.298. The molecule has 0 aromatic heterocycles. The van der Waals surface area contributed by atoms with E-state index in [9.17, 15) is 18.0 Å². The molecule has 3 aromatic rings. The topological polar surface area (TPSA) is 105 Å². The lowest BCUT2D eigenvalue weighted by Crippen LogP contribution is -2.51. The molecule has 1 N–H and O–H groups in total. The molecule has 3 aromatic carbocycles. The van der Waals surface area contributed by atoms with Gasteiger partial charge in [-0.2, -0.15) is 0 Å². The van der Waals surface area contributed by atoms with E-state index in [1.54, 1.807) is 23.1 Å². The van der Waals surface area contributed by atoms with Crippen LogP contribution in [0.4, 0.5) is 5.69 Å². The Bertz CT molecular complexity index is 1450. The van der Waals surface area contributed by atoms with Crippen LogP contribution in [0.1, 0.15) is 37.8 Å². The maximum absolute atomic E-state index is 13.9. The van der Waals surface area contributed by atoms with Crippen molar-refractivity contribution in [3.63, 3.8) is 0 Å². The van der Waals surface area contributed by atoms with E-state index in [2.05, 4.69) is 5.32 Å². The number of amides is 2. The van der Waals surface area contributed by atoms with Crippen LogP contribution in [-0.2, 0) is 32.6 Å². The van der Waals surface area contributed by atoms with Gasteiger partial charge in [0, 0.05) is 38.5 Å². The first-order valence-corrected chi connectivity index (χ1v) is 16.0. The molecule has 42 heavy (non-hydrogen) atoms. The Hall–Kier alpha value is -4.05. The molecule has 2 amide bonds. The SMILES string of the molecule is CC(C)CNC(=O)[C@@H](Cc1ccccc1)N(Cc1ccccc1)C(=O)CCCN(c1ccc2c(c1)OCO2)S(C)(=O)=O. The second-order valence-electron chi connectivity index (χ2n) is 10.8. The van der Waals surface area contributed by atoms with Crippen molar-refractivity contribution in [3.8, 4) is 11.5 Å². The highest BCUT2D eigenvalue weighted by Crippen LogP contribution is 2.36. The van der Waals surface area contributed by atoms with E-state index in [1.807, 2.05) is 74.5 Å². The van der Waals surface area contributed by atoms with E-state index in [1.165, 1.54) is 4.31 Å².